The van der Waals surface area contributed by atoms with Crippen LogP contribution in [-0.2, 0) is 71.0 Å². The Balaban J connectivity index is 1.27. The van der Waals surface area contributed by atoms with Crippen LogP contribution in [0.2, 0.25) is 0 Å². The summed E-state index contributed by atoms with van der Waals surface area (Å²) in [6, 6.07) is 48.7. The lowest BCUT2D eigenvalue weighted by molar-refractivity contribution is -0.273. The minimum atomic E-state index is -0.634. The van der Waals surface area contributed by atoms with Crippen molar-refractivity contribution in [3.05, 3.63) is 179 Å². The molecule has 1 N–H and O–H groups in total. The molecule has 304 valence electrons. The van der Waals surface area contributed by atoms with Crippen molar-refractivity contribution < 1.29 is 42.7 Å². The monoisotopic (exact) mass is 787 g/mol. The van der Waals surface area contributed by atoms with Crippen molar-refractivity contribution in [1.29, 1.82) is 0 Å². The Morgan fingerprint density at radius 1 is 0.552 bits per heavy atom. The maximum atomic E-state index is 13.1. The van der Waals surface area contributed by atoms with Crippen molar-refractivity contribution in [2.24, 2.45) is 0 Å². The molecule has 10 heteroatoms. The van der Waals surface area contributed by atoms with E-state index in [1.165, 1.54) is 7.11 Å². The van der Waals surface area contributed by atoms with Crippen LogP contribution in [0.25, 0.3) is 0 Å². The van der Waals surface area contributed by atoms with Crippen LogP contribution in [0.15, 0.2) is 152 Å². The number of benzene rings is 5. The summed E-state index contributed by atoms with van der Waals surface area (Å²) in [5, 5.41) is 2.89. The van der Waals surface area contributed by atoms with Crippen molar-refractivity contribution in [2.75, 3.05) is 13.7 Å². The average molecular weight is 788 g/mol. The van der Waals surface area contributed by atoms with Gasteiger partial charge in [0.1, 0.15) is 31.0 Å². The SMILES string of the molecule is COC(=O)C[C@H](CC[C@H]1O[C@H](COCc2ccccc2)[C@@H](OCc2ccccc2)[C@H](OCc2ccccc2)[C@H]1OCc1ccccc1)NC(=O)OCc1ccccc1. The lowest BCUT2D eigenvalue weighted by Crippen LogP contribution is -2.61. The summed E-state index contributed by atoms with van der Waals surface area (Å²) in [5.41, 5.74) is 4.88. The molecular weight excluding hydrogens is 735 g/mol. The zero-order valence-electron chi connectivity index (χ0n) is 32.9. The molecule has 5 aromatic carbocycles. The molecule has 0 bridgehead atoms. The maximum Gasteiger partial charge on any atom is 0.407 e. The van der Waals surface area contributed by atoms with Crippen LogP contribution in [0.5, 0.6) is 0 Å². The number of alkyl carbamates (subject to hydrolysis) is 1. The van der Waals surface area contributed by atoms with Gasteiger partial charge in [-0.15, -0.1) is 0 Å². The van der Waals surface area contributed by atoms with Crippen LogP contribution in [0.1, 0.15) is 47.1 Å². The summed E-state index contributed by atoms with van der Waals surface area (Å²) in [5.74, 6) is -0.458. The molecule has 1 aliphatic heterocycles. The van der Waals surface area contributed by atoms with Gasteiger partial charge in [0.05, 0.1) is 52.7 Å². The second-order valence-electron chi connectivity index (χ2n) is 14.3. The Morgan fingerprint density at radius 3 is 1.43 bits per heavy atom. The Kier molecular flexibility index (Phi) is 16.9. The normalized spacial score (nSPS) is 19.5. The van der Waals surface area contributed by atoms with Crippen LogP contribution >= 0.6 is 0 Å². The smallest absolute Gasteiger partial charge is 0.407 e. The van der Waals surface area contributed by atoms with Crippen molar-refractivity contribution in [3.63, 3.8) is 0 Å². The molecule has 0 aliphatic carbocycles. The summed E-state index contributed by atoms with van der Waals surface area (Å²) in [7, 11) is 1.33. The second-order valence-corrected chi connectivity index (χ2v) is 14.3. The van der Waals surface area contributed by atoms with Gasteiger partial charge in [-0.3, -0.25) is 4.79 Å². The quantitative estimate of drug-likeness (QED) is 0.0734. The molecule has 0 radical (unpaired) electrons. The minimum Gasteiger partial charge on any atom is -0.469 e. The van der Waals surface area contributed by atoms with E-state index in [2.05, 4.69) is 5.32 Å². The molecule has 1 aliphatic rings. The largest absolute Gasteiger partial charge is 0.469 e. The molecule has 1 amide bonds. The number of hydrogen-bond donors (Lipinski definition) is 1. The number of amides is 1. The number of carbonyl (C=O) groups is 2. The fourth-order valence-corrected chi connectivity index (χ4v) is 6.92. The van der Waals surface area contributed by atoms with E-state index >= 15 is 0 Å². The molecule has 1 heterocycles. The second kappa shape index (κ2) is 23.1. The van der Waals surface area contributed by atoms with E-state index < -0.39 is 48.6 Å². The number of ether oxygens (including phenoxy) is 7. The van der Waals surface area contributed by atoms with Crippen molar-refractivity contribution in [3.8, 4) is 0 Å². The van der Waals surface area contributed by atoms with E-state index in [0.29, 0.717) is 39.3 Å². The summed E-state index contributed by atoms with van der Waals surface area (Å²) in [6.07, 6.45) is -2.85. The summed E-state index contributed by atoms with van der Waals surface area (Å²) in [6.45, 7) is 1.63. The van der Waals surface area contributed by atoms with Crippen LogP contribution in [0.3, 0.4) is 0 Å². The lowest BCUT2D eigenvalue weighted by Gasteiger charge is -2.46. The Bertz CT molecular complexity index is 1900. The minimum absolute atomic E-state index is 0.0560. The van der Waals surface area contributed by atoms with E-state index in [4.69, 9.17) is 33.2 Å². The van der Waals surface area contributed by atoms with Gasteiger partial charge >= 0.3 is 12.1 Å². The van der Waals surface area contributed by atoms with Crippen molar-refractivity contribution >= 4 is 12.1 Å². The van der Waals surface area contributed by atoms with E-state index in [-0.39, 0.29) is 19.6 Å². The average Bonchev–Trinajstić information content (AvgIpc) is 3.27. The van der Waals surface area contributed by atoms with Gasteiger partial charge in [0.25, 0.3) is 0 Å². The van der Waals surface area contributed by atoms with Crippen LogP contribution < -0.4 is 5.32 Å². The first-order valence-corrected chi connectivity index (χ1v) is 19.8. The molecule has 6 rings (SSSR count). The zero-order valence-corrected chi connectivity index (χ0v) is 32.9. The van der Waals surface area contributed by atoms with Gasteiger partial charge in [0, 0.05) is 6.04 Å². The summed E-state index contributed by atoms with van der Waals surface area (Å²) < 4.78 is 44.3. The Hall–Kier alpha value is -5.36. The molecule has 1 saturated heterocycles. The van der Waals surface area contributed by atoms with Crippen LogP contribution in [-0.4, -0.2) is 62.3 Å². The molecule has 0 spiro atoms. The fraction of sp³-hybridized carbons (Fsp3) is 0.333. The molecule has 0 saturated carbocycles. The molecule has 0 unspecified atom stereocenters. The van der Waals surface area contributed by atoms with Gasteiger partial charge in [0.15, 0.2) is 0 Å². The number of carbonyl (C=O) groups excluding carboxylic acids is 2. The van der Waals surface area contributed by atoms with Gasteiger partial charge in [0.2, 0.25) is 0 Å². The van der Waals surface area contributed by atoms with E-state index in [0.717, 1.165) is 27.8 Å². The number of methoxy groups -OCH3 is 1. The number of rotatable bonds is 21. The summed E-state index contributed by atoms with van der Waals surface area (Å²) in [4.78, 5) is 25.7. The number of esters is 1. The predicted octanol–water partition coefficient (Wildman–Crippen LogP) is 8.37. The molecule has 0 aromatic heterocycles. The van der Waals surface area contributed by atoms with E-state index in [1.807, 2.05) is 152 Å². The predicted molar refractivity (Wildman–Crippen MR) is 219 cm³/mol. The van der Waals surface area contributed by atoms with Gasteiger partial charge in [-0.25, -0.2) is 4.79 Å². The zero-order chi connectivity index (χ0) is 40.2. The fourth-order valence-electron chi connectivity index (χ4n) is 6.92. The van der Waals surface area contributed by atoms with E-state index in [1.54, 1.807) is 0 Å². The maximum absolute atomic E-state index is 13.1. The van der Waals surface area contributed by atoms with Gasteiger partial charge in [-0.2, -0.15) is 0 Å². The molecular formula is C48H53NO9. The molecule has 10 nitrogen and oxygen atoms in total. The van der Waals surface area contributed by atoms with Gasteiger partial charge in [-0.1, -0.05) is 152 Å². The first kappa shape index (κ1) is 42.3. The van der Waals surface area contributed by atoms with Crippen LogP contribution in [0.4, 0.5) is 4.79 Å². The number of nitrogens with one attached hydrogen (secondary N) is 1. The Labute approximate surface area is 341 Å². The third kappa shape index (κ3) is 13.6. The van der Waals surface area contributed by atoms with Crippen molar-refractivity contribution in [2.45, 2.75) is 88.9 Å². The highest BCUT2D eigenvalue weighted by molar-refractivity contribution is 5.72. The van der Waals surface area contributed by atoms with Gasteiger partial charge in [-0.05, 0) is 40.7 Å². The third-order valence-electron chi connectivity index (χ3n) is 9.95. The lowest BCUT2D eigenvalue weighted by atomic mass is 9.90. The molecule has 58 heavy (non-hydrogen) atoms. The molecule has 5 aromatic rings. The highest BCUT2D eigenvalue weighted by atomic mass is 16.6. The molecule has 6 atom stereocenters. The standard InChI is InChI=1S/C48H53NO9/c1-52-44(50)29-41(49-48(51)57-34-40-25-15-6-16-26-40)27-28-42-45(54-31-37-19-9-3-10-20-37)47(56-33-39-23-13-5-14-24-39)46(55-32-38-21-11-4-12-22-38)43(58-42)35-53-30-36-17-7-2-8-18-36/h2-26,41-43,45-47H,27-35H2,1H3,(H,49,51)/t41-,42+,43+,45-,46+,47+/m0/s1. The van der Waals surface area contributed by atoms with Crippen molar-refractivity contribution in [1.82, 2.24) is 5.32 Å². The van der Waals surface area contributed by atoms with Crippen LogP contribution in [0, 0.1) is 0 Å². The first-order valence-electron chi connectivity index (χ1n) is 19.8. The Morgan fingerprint density at radius 2 is 0.966 bits per heavy atom. The molecule has 1 fully saturated rings. The highest BCUT2D eigenvalue weighted by Gasteiger charge is 2.48. The topological polar surface area (TPSA) is 111 Å². The van der Waals surface area contributed by atoms with E-state index in [9.17, 15) is 9.59 Å². The summed E-state index contributed by atoms with van der Waals surface area (Å²) >= 11 is 0. The third-order valence-corrected chi connectivity index (χ3v) is 9.95. The number of hydrogen-bond acceptors (Lipinski definition) is 9. The highest BCUT2D eigenvalue weighted by Crippen LogP contribution is 2.33. The first-order chi connectivity index (χ1) is 28.5. The van der Waals surface area contributed by atoms with Gasteiger partial charge < -0.3 is 38.5 Å².